The Morgan fingerprint density at radius 3 is 2.85 bits per heavy atom. The van der Waals surface area contributed by atoms with E-state index in [1.165, 1.54) is 10.6 Å². The average molecular weight is 367 g/mol. The van der Waals surface area contributed by atoms with Gasteiger partial charge in [0.05, 0.1) is 25.5 Å². The fourth-order valence-corrected chi connectivity index (χ4v) is 3.84. The van der Waals surface area contributed by atoms with Crippen molar-refractivity contribution in [3.8, 4) is 5.88 Å². The standard InChI is InChI=1S/C20H25N5O2/c1-14-4-3-5-15(10-14)12-23-19-20(6-8-21-9-7-20)24-16-13-22-18(27-2)11-17(16)25(19)26/h3-5,10-11,13,21,24,26H,6-9,12H2,1-2H3. The normalized spacial score (nSPS) is 19.7. The highest BCUT2D eigenvalue weighted by molar-refractivity contribution is 6.09. The monoisotopic (exact) mass is 367 g/mol. The molecule has 0 atom stereocenters. The van der Waals surface area contributed by atoms with Crippen molar-refractivity contribution < 1.29 is 9.94 Å². The lowest BCUT2D eigenvalue weighted by Gasteiger charge is -2.46. The number of nitrogens with zero attached hydrogens (tertiary/aromatic N) is 3. The Labute approximate surface area is 159 Å². The summed E-state index contributed by atoms with van der Waals surface area (Å²) < 4.78 is 5.22. The Bertz CT molecular complexity index is 861. The van der Waals surface area contributed by atoms with Gasteiger partial charge in [0.15, 0.2) is 5.84 Å². The molecule has 27 heavy (non-hydrogen) atoms. The highest BCUT2D eigenvalue weighted by Crippen LogP contribution is 2.40. The molecule has 1 spiro atoms. The van der Waals surface area contributed by atoms with Gasteiger partial charge >= 0.3 is 0 Å². The van der Waals surface area contributed by atoms with Crippen molar-refractivity contribution >= 4 is 17.2 Å². The fourth-order valence-electron chi connectivity index (χ4n) is 3.84. The van der Waals surface area contributed by atoms with Crippen molar-refractivity contribution in [2.75, 3.05) is 30.6 Å². The maximum atomic E-state index is 11.0. The van der Waals surface area contributed by atoms with Crippen LogP contribution in [0.4, 0.5) is 11.4 Å². The SMILES string of the molecule is COc1cc2c(cn1)NC1(CCNCC1)C(=NCc1cccc(C)c1)N2O. The number of hydroxylamine groups is 1. The largest absolute Gasteiger partial charge is 0.481 e. The second-order valence-electron chi connectivity index (χ2n) is 7.14. The van der Waals surface area contributed by atoms with Gasteiger partial charge < -0.3 is 15.4 Å². The zero-order valence-corrected chi connectivity index (χ0v) is 15.7. The van der Waals surface area contributed by atoms with Crippen molar-refractivity contribution in [2.45, 2.75) is 31.8 Å². The molecule has 0 radical (unpaired) electrons. The van der Waals surface area contributed by atoms with E-state index in [1.807, 2.05) is 6.07 Å². The van der Waals surface area contributed by atoms with E-state index in [4.69, 9.17) is 9.73 Å². The van der Waals surface area contributed by atoms with Crippen LogP contribution in [0.3, 0.4) is 0 Å². The van der Waals surface area contributed by atoms with Crippen LogP contribution in [0.2, 0.25) is 0 Å². The molecular weight excluding hydrogens is 342 g/mol. The van der Waals surface area contributed by atoms with E-state index in [0.29, 0.717) is 23.9 Å². The highest BCUT2D eigenvalue weighted by atomic mass is 16.5. The molecule has 4 rings (SSSR count). The summed E-state index contributed by atoms with van der Waals surface area (Å²) in [5, 5.41) is 19.2. The smallest absolute Gasteiger partial charge is 0.215 e. The van der Waals surface area contributed by atoms with E-state index < -0.39 is 5.54 Å². The maximum Gasteiger partial charge on any atom is 0.215 e. The van der Waals surface area contributed by atoms with Crippen molar-refractivity contribution in [1.82, 2.24) is 10.3 Å². The molecule has 2 aliphatic heterocycles. The molecule has 7 heteroatoms. The lowest BCUT2D eigenvalue weighted by Crippen LogP contribution is -2.61. The van der Waals surface area contributed by atoms with Gasteiger partial charge in [-0.3, -0.25) is 10.2 Å². The molecular formula is C20H25N5O2. The average Bonchev–Trinajstić information content (AvgIpc) is 2.68. The summed E-state index contributed by atoms with van der Waals surface area (Å²) in [6.07, 6.45) is 3.38. The van der Waals surface area contributed by atoms with E-state index >= 15 is 0 Å². The number of fused-ring (bicyclic) bond motifs is 1. The van der Waals surface area contributed by atoms with Gasteiger partial charge in [-0.05, 0) is 38.4 Å². The van der Waals surface area contributed by atoms with Gasteiger partial charge in [0.2, 0.25) is 5.88 Å². The molecule has 0 amide bonds. The van der Waals surface area contributed by atoms with Crippen LogP contribution >= 0.6 is 0 Å². The first kappa shape index (κ1) is 17.8. The molecule has 1 fully saturated rings. The third-order valence-electron chi connectivity index (χ3n) is 5.25. The maximum absolute atomic E-state index is 11.0. The van der Waals surface area contributed by atoms with Gasteiger partial charge in [0.25, 0.3) is 0 Å². The molecule has 2 aromatic rings. The summed E-state index contributed by atoms with van der Waals surface area (Å²) in [6.45, 7) is 4.32. The minimum Gasteiger partial charge on any atom is -0.481 e. The summed E-state index contributed by atoms with van der Waals surface area (Å²) in [5.74, 6) is 1.10. The number of amidine groups is 1. The van der Waals surface area contributed by atoms with Gasteiger partial charge in [-0.2, -0.15) is 0 Å². The number of anilines is 2. The van der Waals surface area contributed by atoms with Crippen molar-refractivity contribution in [2.24, 2.45) is 4.99 Å². The number of nitrogens with one attached hydrogen (secondary N) is 2. The van der Waals surface area contributed by atoms with Gasteiger partial charge in [-0.15, -0.1) is 0 Å². The lowest BCUT2D eigenvalue weighted by molar-refractivity contribution is 0.287. The number of aliphatic imine (C=N–C) groups is 1. The molecule has 0 aliphatic carbocycles. The van der Waals surface area contributed by atoms with Crippen LogP contribution in [0, 0.1) is 6.92 Å². The molecule has 2 aliphatic rings. The molecule has 3 heterocycles. The molecule has 0 bridgehead atoms. The van der Waals surface area contributed by atoms with Crippen LogP contribution in [0.5, 0.6) is 5.88 Å². The number of hydrogen-bond acceptors (Lipinski definition) is 6. The Morgan fingerprint density at radius 2 is 2.11 bits per heavy atom. The van der Waals surface area contributed by atoms with E-state index in [0.717, 1.165) is 37.2 Å². The van der Waals surface area contributed by atoms with E-state index in [9.17, 15) is 5.21 Å². The molecule has 1 aromatic carbocycles. The Kier molecular flexibility index (Phi) is 4.72. The van der Waals surface area contributed by atoms with Gasteiger partial charge in [-0.1, -0.05) is 29.8 Å². The second-order valence-corrected chi connectivity index (χ2v) is 7.14. The molecule has 7 nitrogen and oxygen atoms in total. The van der Waals surface area contributed by atoms with E-state index in [-0.39, 0.29) is 0 Å². The fraction of sp³-hybridized carbons (Fsp3) is 0.400. The van der Waals surface area contributed by atoms with Crippen LogP contribution in [0.25, 0.3) is 0 Å². The summed E-state index contributed by atoms with van der Waals surface area (Å²) in [4.78, 5) is 9.12. The predicted molar refractivity (Wildman–Crippen MR) is 106 cm³/mol. The summed E-state index contributed by atoms with van der Waals surface area (Å²) >= 11 is 0. The van der Waals surface area contributed by atoms with E-state index in [1.54, 1.807) is 19.4 Å². The first-order valence-electron chi connectivity index (χ1n) is 9.24. The van der Waals surface area contributed by atoms with Crippen LogP contribution < -0.4 is 20.4 Å². The van der Waals surface area contributed by atoms with E-state index in [2.05, 4.69) is 40.7 Å². The molecule has 1 aromatic heterocycles. The number of benzene rings is 1. The number of ether oxygens (including phenoxy) is 1. The number of hydrogen-bond donors (Lipinski definition) is 3. The quantitative estimate of drug-likeness (QED) is 0.774. The summed E-state index contributed by atoms with van der Waals surface area (Å²) in [6, 6.07) is 10.0. The number of aromatic nitrogens is 1. The van der Waals surface area contributed by atoms with Crippen molar-refractivity contribution in [3.63, 3.8) is 0 Å². The highest BCUT2D eigenvalue weighted by Gasteiger charge is 2.44. The molecule has 0 saturated carbocycles. The third kappa shape index (κ3) is 3.36. The van der Waals surface area contributed by atoms with Crippen molar-refractivity contribution in [1.29, 1.82) is 0 Å². The Morgan fingerprint density at radius 1 is 1.30 bits per heavy atom. The number of rotatable bonds is 3. The number of methoxy groups -OCH3 is 1. The minimum absolute atomic E-state index is 0.410. The Hall–Kier alpha value is -2.64. The zero-order chi connectivity index (χ0) is 18.9. The third-order valence-corrected chi connectivity index (χ3v) is 5.25. The number of piperidine rings is 1. The predicted octanol–water partition coefficient (Wildman–Crippen LogP) is 2.74. The van der Waals surface area contributed by atoms with Gasteiger partial charge in [0, 0.05) is 6.07 Å². The molecule has 0 unspecified atom stereocenters. The molecule has 142 valence electrons. The first-order valence-corrected chi connectivity index (χ1v) is 9.24. The minimum atomic E-state index is -0.410. The van der Waals surface area contributed by atoms with Gasteiger partial charge in [0.1, 0.15) is 11.2 Å². The Balaban J connectivity index is 1.74. The number of aryl methyl sites for hydroxylation is 1. The van der Waals surface area contributed by atoms with Crippen molar-refractivity contribution in [3.05, 3.63) is 47.7 Å². The second kappa shape index (κ2) is 7.17. The van der Waals surface area contributed by atoms with Crippen LogP contribution in [-0.4, -0.2) is 41.8 Å². The summed E-state index contributed by atoms with van der Waals surface area (Å²) in [7, 11) is 1.56. The van der Waals surface area contributed by atoms with Crippen LogP contribution in [0.1, 0.15) is 24.0 Å². The zero-order valence-electron chi connectivity index (χ0n) is 15.7. The molecule has 1 saturated heterocycles. The number of pyridine rings is 1. The van der Waals surface area contributed by atoms with Gasteiger partial charge in [-0.25, -0.2) is 10.0 Å². The molecule has 3 N–H and O–H groups in total. The first-order chi connectivity index (χ1) is 13.1. The summed E-state index contributed by atoms with van der Waals surface area (Å²) in [5.41, 5.74) is 3.31. The topological polar surface area (TPSA) is 82.0 Å². The van der Waals surface area contributed by atoms with Crippen LogP contribution in [-0.2, 0) is 6.54 Å². The van der Waals surface area contributed by atoms with Crippen LogP contribution in [0.15, 0.2) is 41.5 Å². The lowest BCUT2D eigenvalue weighted by atomic mass is 9.84.